The largest absolute Gasteiger partial charge is 0.390 e. The lowest BCUT2D eigenvalue weighted by atomic mass is 10.1. The van der Waals surface area contributed by atoms with Crippen LogP contribution in [0.5, 0.6) is 0 Å². The van der Waals surface area contributed by atoms with Gasteiger partial charge < -0.3 is 15.5 Å². The number of hydrogen-bond acceptors (Lipinski definition) is 10. The second-order valence-electron chi connectivity index (χ2n) is 8.60. The van der Waals surface area contributed by atoms with Crippen molar-refractivity contribution in [2.75, 3.05) is 11.9 Å². The molecular formula is C22H25FN6O6S. The number of aromatic nitrogens is 4. The number of nitrogens with zero attached hydrogens (tertiary/aromatic N) is 4. The van der Waals surface area contributed by atoms with E-state index in [4.69, 9.17) is 5.14 Å². The minimum atomic E-state index is -4.21. The zero-order chi connectivity index (χ0) is 26.0. The summed E-state index contributed by atoms with van der Waals surface area (Å²) in [5.74, 6) is -1.44. The average molecular weight is 521 g/mol. The number of rotatable bonds is 9. The Bertz CT molecular complexity index is 1370. The summed E-state index contributed by atoms with van der Waals surface area (Å²) in [5.41, 5.74) is 1.39. The Morgan fingerprint density at radius 2 is 2.08 bits per heavy atom. The van der Waals surface area contributed by atoms with Crippen LogP contribution >= 0.6 is 0 Å². The van der Waals surface area contributed by atoms with E-state index in [1.807, 2.05) is 0 Å². The normalized spacial score (nSPS) is 22.0. The predicted octanol–water partition coefficient (Wildman–Crippen LogP) is 0.142. The van der Waals surface area contributed by atoms with Crippen molar-refractivity contribution in [3.63, 3.8) is 0 Å². The highest BCUT2D eigenvalue weighted by Crippen LogP contribution is 2.30. The molecule has 1 aliphatic carbocycles. The van der Waals surface area contributed by atoms with Gasteiger partial charge in [0, 0.05) is 18.3 Å². The zero-order valence-corrected chi connectivity index (χ0v) is 20.0. The molecule has 12 nitrogen and oxygen atoms in total. The Morgan fingerprint density at radius 1 is 1.31 bits per heavy atom. The molecule has 1 aliphatic rings. The Kier molecular flexibility index (Phi) is 7.42. The first-order valence-electron chi connectivity index (χ1n) is 10.9. The number of aliphatic hydroxyl groups excluding tert-OH is 2. The first kappa shape index (κ1) is 25.8. The van der Waals surface area contributed by atoms with Gasteiger partial charge in [-0.15, -0.1) is 0 Å². The third-order valence-electron chi connectivity index (χ3n) is 5.98. The number of carbonyl (C=O) groups excluding carboxylic acids is 1. The van der Waals surface area contributed by atoms with E-state index < -0.39 is 46.9 Å². The van der Waals surface area contributed by atoms with Gasteiger partial charge in [0.05, 0.1) is 30.9 Å². The molecule has 1 aromatic carbocycles. The van der Waals surface area contributed by atoms with Gasteiger partial charge >= 0.3 is 10.3 Å². The van der Waals surface area contributed by atoms with Crippen LogP contribution in [-0.4, -0.2) is 69.0 Å². The van der Waals surface area contributed by atoms with Gasteiger partial charge in [-0.05, 0) is 36.6 Å². The van der Waals surface area contributed by atoms with Crippen molar-refractivity contribution in [1.29, 1.82) is 0 Å². The van der Waals surface area contributed by atoms with Crippen molar-refractivity contribution in [3.8, 4) is 0 Å². The summed E-state index contributed by atoms with van der Waals surface area (Å²) in [6.07, 6.45) is 1.65. The summed E-state index contributed by atoms with van der Waals surface area (Å²) in [4.78, 5) is 21.2. The van der Waals surface area contributed by atoms with E-state index in [-0.39, 0.29) is 35.9 Å². The second-order valence-corrected chi connectivity index (χ2v) is 9.82. The second kappa shape index (κ2) is 10.4. The molecular weight excluding hydrogens is 495 g/mol. The van der Waals surface area contributed by atoms with Gasteiger partial charge in [-0.3, -0.25) is 13.7 Å². The number of hydrogen-bond donors (Lipinski definition) is 4. The summed E-state index contributed by atoms with van der Waals surface area (Å²) in [7, 11) is -4.21. The van der Waals surface area contributed by atoms with Crippen LogP contribution in [0.1, 0.15) is 33.6 Å². The maximum atomic E-state index is 13.8. The number of nitrogens with one attached hydrogen (secondary N) is 1. The Labute approximate surface area is 206 Å². The quantitative estimate of drug-likeness (QED) is 0.283. The smallest absolute Gasteiger partial charge is 0.333 e. The van der Waals surface area contributed by atoms with Gasteiger partial charge in [0.15, 0.2) is 0 Å². The lowest BCUT2D eigenvalue weighted by Crippen LogP contribution is -2.36. The molecule has 3 aromatic rings. The number of aliphatic hydroxyl groups is 2. The van der Waals surface area contributed by atoms with Crippen LogP contribution < -0.4 is 10.5 Å². The molecule has 0 saturated heterocycles. The summed E-state index contributed by atoms with van der Waals surface area (Å²) in [5, 5.41) is 32.7. The lowest BCUT2D eigenvalue weighted by Gasteiger charge is -2.19. The van der Waals surface area contributed by atoms with Gasteiger partial charge in [-0.25, -0.2) is 19.5 Å². The molecule has 0 spiro atoms. The number of ketones is 1. The number of anilines is 1. The fraction of sp³-hybridized carbons (Fsp3) is 0.364. The maximum absolute atomic E-state index is 13.8. The van der Waals surface area contributed by atoms with Gasteiger partial charge in [0.25, 0.3) is 0 Å². The van der Waals surface area contributed by atoms with Gasteiger partial charge in [0.1, 0.15) is 29.8 Å². The van der Waals surface area contributed by atoms with Crippen LogP contribution in [-0.2, 0) is 21.0 Å². The molecule has 2 heterocycles. The molecule has 5 N–H and O–H groups in total. The summed E-state index contributed by atoms with van der Waals surface area (Å²) >= 11 is 0. The van der Waals surface area contributed by atoms with Crippen LogP contribution in [0.3, 0.4) is 0 Å². The number of carbonyl (C=O) groups is 1. The first-order chi connectivity index (χ1) is 17.0. The van der Waals surface area contributed by atoms with Crippen LogP contribution in [0.15, 0.2) is 43.0 Å². The Balaban J connectivity index is 1.47. The van der Waals surface area contributed by atoms with E-state index in [1.165, 1.54) is 29.3 Å². The molecule has 4 atom stereocenters. The molecule has 0 amide bonds. The van der Waals surface area contributed by atoms with E-state index in [2.05, 4.69) is 24.6 Å². The van der Waals surface area contributed by atoms with Crippen molar-refractivity contribution in [3.05, 3.63) is 71.2 Å². The van der Waals surface area contributed by atoms with Crippen molar-refractivity contribution in [1.82, 2.24) is 19.7 Å². The Hall–Kier alpha value is -3.30. The van der Waals surface area contributed by atoms with E-state index in [1.54, 1.807) is 25.3 Å². The SMILES string of the molecule is Cc1ccc(Cn2ccc(C(=O)c3cncnc3N[C@@H]3C[C@H](COS(N)(=O)=O)[C@@H](O)[C@H]3O)n2)cc1F. The molecule has 0 bridgehead atoms. The van der Waals surface area contributed by atoms with Crippen molar-refractivity contribution in [2.45, 2.75) is 38.1 Å². The minimum absolute atomic E-state index is 0.0788. The average Bonchev–Trinajstić information content (AvgIpc) is 3.40. The molecule has 2 aromatic heterocycles. The van der Waals surface area contributed by atoms with E-state index >= 15 is 0 Å². The minimum Gasteiger partial charge on any atom is -0.390 e. The number of halogens is 1. The highest BCUT2D eigenvalue weighted by molar-refractivity contribution is 7.84. The first-order valence-corrected chi connectivity index (χ1v) is 12.4. The number of aryl methyl sites for hydroxylation is 1. The summed E-state index contributed by atoms with van der Waals surface area (Å²) in [6, 6.07) is 5.60. The Morgan fingerprint density at radius 3 is 2.81 bits per heavy atom. The summed E-state index contributed by atoms with van der Waals surface area (Å²) < 4.78 is 42.0. The van der Waals surface area contributed by atoms with Gasteiger partial charge in [0.2, 0.25) is 5.78 Å². The molecule has 14 heteroatoms. The highest BCUT2D eigenvalue weighted by Gasteiger charge is 2.42. The molecule has 36 heavy (non-hydrogen) atoms. The standard InChI is InChI=1S/C22H25FN6O6S/c1-12-2-3-13(6-16(12)23)9-29-5-4-17(28-29)20(31)15-8-25-11-26-22(15)27-18-7-14(19(30)21(18)32)10-35-36(24,33)34/h2-6,8,11,14,18-19,21,30,32H,7,9-10H2,1H3,(H2,24,33,34)(H,25,26,27)/t14-,18-,19-,21+/m1/s1. The zero-order valence-electron chi connectivity index (χ0n) is 19.2. The van der Waals surface area contributed by atoms with E-state index in [0.29, 0.717) is 11.1 Å². The molecule has 0 unspecified atom stereocenters. The van der Waals surface area contributed by atoms with Gasteiger partial charge in [-0.2, -0.15) is 13.5 Å². The van der Waals surface area contributed by atoms with Crippen LogP contribution in [0, 0.1) is 18.7 Å². The fourth-order valence-corrected chi connectivity index (χ4v) is 4.40. The highest BCUT2D eigenvalue weighted by atomic mass is 32.2. The number of benzene rings is 1. The third kappa shape index (κ3) is 5.91. The maximum Gasteiger partial charge on any atom is 0.333 e. The molecule has 1 saturated carbocycles. The monoisotopic (exact) mass is 520 g/mol. The predicted molar refractivity (Wildman–Crippen MR) is 125 cm³/mol. The molecule has 0 aliphatic heterocycles. The van der Waals surface area contributed by atoms with Crippen LogP contribution in [0.4, 0.5) is 10.2 Å². The summed E-state index contributed by atoms with van der Waals surface area (Å²) in [6.45, 7) is 1.52. The molecule has 0 radical (unpaired) electrons. The molecule has 4 rings (SSSR count). The third-order valence-corrected chi connectivity index (χ3v) is 6.45. The van der Waals surface area contributed by atoms with Crippen molar-refractivity contribution < 1.29 is 32.0 Å². The van der Waals surface area contributed by atoms with Gasteiger partial charge in [-0.1, -0.05) is 12.1 Å². The van der Waals surface area contributed by atoms with Crippen LogP contribution in [0.2, 0.25) is 0 Å². The topological polar surface area (TPSA) is 183 Å². The fourth-order valence-electron chi connectivity index (χ4n) is 4.03. The van der Waals surface area contributed by atoms with Crippen LogP contribution in [0.25, 0.3) is 0 Å². The van der Waals surface area contributed by atoms with E-state index in [0.717, 1.165) is 0 Å². The van der Waals surface area contributed by atoms with E-state index in [9.17, 15) is 27.8 Å². The lowest BCUT2D eigenvalue weighted by molar-refractivity contribution is 0.00778. The van der Waals surface area contributed by atoms with Crippen molar-refractivity contribution >= 4 is 21.9 Å². The molecule has 1 fully saturated rings. The molecule has 192 valence electrons. The number of nitrogens with two attached hydrogens (primary N) is 1. The van der Waals surface area contributed by atoms with Crippen molar-refractivity contribution in [2.24, 2.45) is 11.1 Å².